The van der Waals surface area contributed by atoms with Crippen molar-refractivity contribution in [3.05, 3.63) is 24.5 Å². The van der Waals surface area contributed by atoms with E-state index in [-0.39, 0.29) is 5.97 Å². The molecule has 0 fully saturated rings. The van der Waals surface area contributed by atoms with Gasteiger partial charge in [-0.2, -0.15) is 0 Å². The summed E-state index contributed by atoms with van der Waals surface area (Å²) in [6.07, 6.45) is 3.38. The third-order valence-electron chi connectivity index (χ3n) is 0.627. The minimum absolute atomic E-state index is 0.335. The third kappa shape index (κ3) is 4.81. The van der Waals surface area contributed by atoms with E-state index in [4.69, 9.17) is 0 Å². The molecular formula is C7H10O2. The monoisotopic (exact) mass is 126 g/mol. The predicted molar refractivity (Wildman–Crippen MR) is 35.7 cm³/mol. The number of allylic oxidation sites excluding steroid dienone is 2. The standard InChI is InChI=1S/C7H10O2/c1-4-5-6(2)9-7(3)8/h4-5H,2H2,1,3H3. The summed E-state index contributed by atoms with van der Waals surface area (Å²) in [5.41, 5.74) is 0. The van der Waals surface area contributed by atoms with Gasteiger partial charge in [0.2, 0.25) is 0 Å². The molecule has 0 aliphatic carbocycles. The molecule has 0 aromatic rings. The predicted octanol–water partition coefficient (Wildman–Crippen LogP) is 1.64. The fourth-order valence-corrected chi connectivity index (χ4v) is 0.405. The number of ether oxygens (including phenoxy) is 1. The topological polar surface area (TPSA) is 26.3 Å². The Kier molecular flexibility index (Phi) is 3.44. The van der Waals surface area contributed by atoms with Crippen LogP contribution in [0.4, 0.5) is 0 Å². The van der Waals surface area contributed by atoms with E-state index < -0.39 is 0 Å². The first-order valence-corrected chi connectivity index (χ1v) is 2.67. The summed E-state index contributed by atoms with van der Waals surface area (Å²) in [5.74, 6) is 0.0445. The highest BCUT2D eigenvalue weighted by molar-refractivity contribution is 5.67. The van der Waals surface area contributed by atoms with Crippen molar-refractivity contribution in [3.8, 4) is 0 Å². The van der Waals surface area contributed by atoms with Crippen molar-refractivity contribution >= 4 is 5.97 Å². The van der Waals surface area contributed by atoms with Gasteiger partial charge in [-0.3, -0.25) is 4.79 Å². The second-order valence-electron chi connectivity index (χ2n) is 1.56. The zero-order chi connectivity index (χ0) is 7.28. The minimum atomic E-state index is -0.335. The van der Waals surface area contributed by atoms with Crippen LogP contribution >= 0.6 is 0 Å². The van der Waals surface area contributed by atoms with E-state index in [0.29, 0.717) is 5.76 Å². The molecule has 0 aliphatic rings. The van der Waals surface area contributed by atoms with Crippen molar-refractivity contribution in [1.82, 2.24) is 0 Å². The van der Waals surface area contributed by atoms with Crippen LogP contribution in [0.5, 0.6) is 0 Å². The lowest BCUT2D eigenvalue weighted by Crippen LogP contribution is -1.94. The second kappa shape index (κ2) is 3.89. The molecule has 0 unspecified atom stereocenters. The number of carbonyl (C=O) groups is 1. The van der Waals surface area contributed by atoms with Crippen molar-refractivity contribution in [3.63, 3.8) is 0 Å². The van der Waals surface area contributed by atoms with Gasteiger partial charge < -0.3 is 4.74 Å². The summed E-state index contributed by atoms with van der Waals surface area (Å²) in [5, 5.41) is 0. The molecule has 0 aromatic heterocycles. The van der Waals surface area contributed by atoms with Gasteiger partial charge >= 0.3 is 5.97 Å². The molecule has 0 amide bonds. The van der Waals surface area contributed by atoms with Crippen LogP contribution in [0.3, 0.4) is 0 Å². The average molecular weight is 126 g/mol. The summed E-state index contributed by atoms with van der Waals surface area (Å²) in [6, 6.07) is 0. The Hall–Kier alpha value is -1.05. The van der Waals surface area contributed by atoms with Gasteiger partial charge in [0.05, 0.1) is 0 Å². The zero-order valence-electron chi connectivity index (χ0n) is 5.68. The maximum absolute atomic E-state index is 10.2. The van der Waals surface area contributed by atoms with Crippen LogP contribution in [0.1, 0.15) is 13.8 Å². The highest BCUT2D eigenvalue weighted by atomic mass is 16.5. The van der Waals surface area contributed by atoms with Crippen LogP contribution in [-0.2, 0) is 9.53 Å². The smallest absolute Gasteiger partial charge is 0.308 e. The van der Waals surface area contributed by atoms with Gasteiger partial charge in [0, 0.05) is 6.92 Å². The van der Waals surface area contributed by atoms with Gasteiger partial charge in [0.15, 0.2) is 0 Å². The Labute approximate surface area is 54.8 Å². The van der Waals surface area contributed by atoms with Crippen molar-refractivity contribution in [2.75, 3.05) is 0 Å². The summed E-state index contributed by atoms with van der Waals surface area (Å²) >= 11 is 0. The lowest BCUT2D eigenvalue weighted by atomic mass is 10.5. The highest BCUT2D eigenvalue weighted by Gasteiger charge is 1.91. The van der Waals surface area contributed by atoms with Crippen LogP contribution in [-0.4, -0.2) is 5.97 Å². The van der Waals surface area contributed by atoms with Gasteiger partial charge in [0.25, 0.3) is 0 Å². The molecule has 2 nitrogen and oxygen atoms in total. The van der Waals surface area contributed by atoms with Crippen LogP contribution < -0.4 is 0 Å². The molecule has 0 spiro atoms. The molecule has 0 aliphatic heterocycles. The van der Waals surface area contributed by atoms with Gasteiger partial charge in [-0.15, -0.1) is 0 Å². The second-order valence-corrected chi connectivity index (χ2v) is 1.56. The molecule has 0 heterocycles. The molecular weight excluding hydrogens is 116 g/mol. The molecule has 50 valence electrons. The van der Waals surface area contributed by atoms with Crippen molar-refractivity contribution in [1.29, 1.82) is 0 Å². The van der Waals surface area contributed by atoms with E-state index in [2.05, 4.69) is 11.3 Å². The molecule has 0 radical (unpaired) electrons. The zero-order valence-corrected chi connectivity index (χ0v) is 5.68. The maximum atomic E-state index is 10.2. The van der Waals surface area contributed by atoms with Crippen molar-refractivity contribution in [2.45, 2.75) is 13.8 Å². The molecule has 0 saturated heterocycles. The number of hydrogen-bond donors (Lipinski definition) is 0. The molecule has 2 heteroatoms. The van der Waals surface area contributed by atoms with E-state index in [0.717, 1.165) is 0 Å². The Morgan fingerprint density at radius 2 is 2.22 bits per heavy atom. The van der Waals surface area contributed by atoms with E-state index >= 15 is 0 Å². The first kappa shape index (κ1) is 7.95. The van der Waals surface area contributed by atoms with E-state index in [1.807, 2.05) is 6.92 Å². The fourth-order valence-electron chi connectivity index (χ4n) is 0.405. The van der Waals surface area contributed by atoms with Crippen LogP contribution in [0.2, 0.25) is 0 Å². The lowest BCUT2D eigenvalue weighted by molar-refractivity contribution is -0.136. The quantitative estimate of drug-likeness (QED) is 0.319. The Morgan fingerprint density at radius 3 is 2.56 bits per heavy atom. The fraction of sp³-hybridized carbons (Fsp3) is 0.286. The van der Waals surface area contributed by atoms with Crippen molar-refractivity contribution in [2.24, 2.45) is 0 Å². The first-order valence-electron chi connectivity index (χ1n) is 2.67. The molecule has 9 heavy (non-hydrogen) atoms. The third-order valence-corrected chi connectivity index (χ3v) is 0.627. The van der Waals surface area contributed by atoms with Gasteiger partial charge in [-0.05, 0) is 13.0 Å². The van der Waals surface area contributed by atoms with E-state index in [1.165, 1.54) is 6.92 Å². The van der Waals surface area contributed by atoms with Crippen molar-refractivity contribution < 1.29 is 9.53 Å². The van der Waals surface area contributed by atoms with Gasteiger partial charge in [-0.25, -0.2) is 0 Å². The number of esters is 1. The van der Waals surface area contributed by atoms with Gasteiger partial charge in [0.1, 0.15) is 5.76 Å². The lowest BCUT2D eigenvalue weighted by Gasteiger charge is -1.96. The number of rotatable bonds is 2. The van der Waals surface area contributed by atoms with E-state index in [9.17, 15) is 4.79 Å². The Morgan fingerprint density at radius 1 is 1.67 bits per heavy atom. The molecule has 0 saturated carbocycles. The largest absolute Gasteiger partial charge is 0.427 e. The number of hydrogen-bond acceptors (Lipinski definition) is 2. The molecule has 0 atom stereocenters. The molecule has 0 bridgehead atoms. The first-order chi connectivity index (χ1) is 4.16. The summed E-state index contributed by atoms with van der Waals surface area (Å²) in [6.45, 7) is 6.62. The highest BCUT2D eigenvalue weighted by Crippen LogP contribution is 1.94. The average Bonchev–Trinajstić information content (AvgIpc) is 1.63. The van der Waals surface area contributed by atoms with Gasteiger partial charge in [-0.1, -0.05) is 12.7 Å². The normalized spacial score (nSPS) is 9.56. The van der Waals surface area contributed by atoms with Crippen LogP contribution in [0.25, 0.3) is 0 Å². The summed E-state index contributed by atoms with van der Waals surface area (Å²) < 4.78 is 4.57. The molecule has 0 rings (SSSR count). The molecule has 0 aromatic carbocycles. The number of carbonyl (C=O) groups excluding carboxylic acids is 1. The van der Waals surface area contributed by atoms with Crippen LogP contribution in [0.15, 0.2) is 24.5 Å². The summed E-state index contributed by atoms with van der Waals surface area (Å²) in [4.78, 5) is 10.2. The van der Waals surface area contributed by atoms with E-state index in [1.54, 1.807) is 12.2 Å². The Bertz CT molecular complexity index is 145. The summed E-state index contributed by atoms with van der Waals surface area (Å²) in [7, 11) is 0. The maximum Gasteiger partial charge on any atom is 0.308 e. The van der Waals surface area contributed by atoms with Crippen LogP contribution in [0, 0.1) is 0 Å². The Balaban J connectivity index is 3.64. The molecule has 0 N–H and O–H groups in total. The minimum Gasteiger partial charge on any atom is -0.427 e. The SMILES string of the molecule is C=C(C=CC)OC(C)=O.